The fourth-order valence-corrected chi connectivity index (χ4v) is 2.09. The highest BCUT2D eigenvalue weighted by Crippen LogP contribution is 2.16. The number of rotatable bonds is 11. The predicted molar refractivity (Wildman–Crippen MR) is 87.0 cm³/mol. The van der Waals surface area contributed by atoms with Crippen LogP contribution in [0.25, 0.3) is 0 Å². The highest BCUT2D eigenvalue weighted by atomic mass is 79.9. The zero-order valence-corrected chi connectivity index (χ0v) is 14.5. The molecule has 0 saturated heterocycles. The summed E-state index contributed by atoms with van der Waals surface area (Å²) in [5.74, 6) is -0.867. The minimum Gasteiger partial charge on any atom is -0.481 e. The quantitative estimate of drug-likeness (QED) is 0.356. The van der Waals surface area contributed by atoms with Gasteiger partial charge in [0.25, 0.3) is 0 Å². The van der Waals surface area contributed by atoms with Crippen LogP contribution in [-0.2, 0) is 4.79 Å². The van der Waals surface area contributed by atoms with E-state index in [0.717, 1.165) is 29.1 Å². The summed E-state index contributed by atoms with van der Waals surface area (Å²) in [4.78, 5) is 10.3. The van der Waals surface area contributed by atoms with E-state index in [1.54, 1.807) is 6.08 Å². The van der Waals surface area contributed by atoms with Crippen molar-refractivity contribution in [3.8, 4) is 0 Å². The SMILES string of the molecule is O=C(O)CC/C=C\[C@H](O)[C@H](O)CCCCCC=C(Br)Br. The zero-order valence-electron chi connectivity index (χ0n) is 11.3. The van der Waals surface area contributed by atoms with Crippen molar-refractivity contribution in [1.82, 2.24) is 0 Å². The van der Waals surface area contributed by atoms with Gasteiger partial charge in [0.15, 0.2) is 0 Å². The number of hydrogen-bond acceptors (Lipinski definition) is 3. The average molecular weight is 414 g/mol. The van der Waals surface area contributed by atoms with Crippen LogP contribution < -0.4 is 0 Å². The molecule has 3 N–H and O–H groups in total. The van der Waals surface area contributed by atoms with Crippen LogP contribution >= 0.6 is 31.9 Å². The fourth-order valence-electron chi connectivity index (χ4n) is 1.63. The molecule has 0 bridgehead atoms. The summed E-state index contributed by atoms with van der Waals surface area (Å²) in [6, 6.07) is 0. The maximum atomic E-state index is 10.3. The molecule has 0 unspecified atom stereocenters. The monoisotopic (exact) mass is 412 g/mol. The normalized spacial score (nSPS) is 14.2. The number of aliphatic hydroxyl groups is 2. The van der Waals surface area contributed by atoms with Gasteiger partial charge in [-0.15, -0.1) is 0 Å². The summed E-state index contributed by atoms with van der Waals surface area (Å²) in [5, 5.41) is 27.8. The molecule has 4 nitrogen and oxygen atoms in total. The first-order chi connectivity index (χ1) is 9.43. The fraction of sp³-hybridized carbons (Fsp3) is 0.643. The second-order valence-electron chi connectivity index (χ2n) is 4.55. The molecular weight excluding hydrogens is 392 g/mol. The summed E-state index contributed by atoms with van der Waals surface area (Å²) in [5.41, 5.74) is 0. The van der Waals surface area contributed by atoms with Gasteiger partial charge < -0.3 is 15.3 Å². The minimum absolute atomic E-state index is 0.0377. The van der Waals surface area contributed by atoms with Crippen molar-refractivity contribution in [1.29, 1.82) is 0 Å². The number of carbonyl (C=O) groups is 1. The number of allylic oxidation sites excluding steroid dienone is 2. The van der Waals surface area contributed by atoms with Crippen LogP contribution in [0, 0.1) is 0 Å². The molecule has 116 valence electrons. The Morgan fingerprint density at radius 2 is 1.80 bits per heavy atom. The van der Waals surface area contributed by atoms with E-state index in [-0.39, 0.29) is 6.42 Å². The lowest BCUT2D eigenvalue weighted by Crippen LogP contribution is -2.23. The lowest BCUT2D eigenvalue weighted by atomic mass is 10.0. The van der Waals surface area contributed by atoms with Crippen LogP contribution in [0.1, 0.15) is 44.9 Å². The molecule has 20 heavy (non-hydrogen) atoms. The van der Waals surface area contributed by atoms with Gasteiger partial charge in [-0.2, -0.15) is 0 Å². The Kier molecular flexibility index (Phi) is 12.5. The molecule has 0 aromatic carbocycles. The van der Waals surface area contributed by atoms with Gasteiger partial charge in [-0.25, -0.2) is 0 Å². The Bertz CT molecular complexity index is 325. The number of unbranched alkanes of at least 4 members (excludes halogenated alkanes) is 3. The largest absolute Gasteiger partial charge is 0.481 e. The summed E-state index contributed by atoms with van der Waals surface area (Å²) in [6.45, 7) is 0. The van der Waals surface area contributed by atoms with Crippen LogP contribution in [-0.4, -0.2) is 33.5 Å². The molecule has 0 aliphatic carbocycles. The molecule has 0 aliphatic heterocycles. The molecule has 0 heterocycles. The van der Waals surface area contributed by atoms with E-state index in [1.165, 1.54) is 6.08 Å². The van der Waals surface area contributed by atoms with Gasteiger partial charge in [-0.05, 0) is 57.5 Å². The van der Waals surface area contributed by atoms with E-state index in [0.29, 0.717) is 12.8 Å². The van der Waals surface area contributed by atoms with E-state index in [2.05, 4.69) is 31.9 Å². The molecule has 0 spiro atoms. The number of carboxylic acids is 1. The third-order valence-electron chi connectivity index (χ3n) is 2.76. The Morgan fingerprint density at radius 1 is 1.10 bits per heavy atom. The molecule has 6 heteroatoms. The number of hydrogen-bond donors (Lipinski definition) is 3. The molecular formula is C14H22Br2O4. The van der Waals surface area contributed by atoms with Gasteiger partial charge >= 0.3 is 5.97 Å². The lowest BCUT2D eigenvalue weighted by Gasteiger charge is -2.14. The lowest BCUT2D eigenvalue weighted by molar-refractivity contribution is -0.136. The van der Waals surface area contributed by atoms with Crippen molar-refractivity contribution in [3.05, 3.63) is 21.6 Å². The van der Waals surface area contributed by atoms with Crippen LogP contribution in [0.4, 0.5) is 0 Å². The standard InChI is InChI=1S/C14H22Br2O4/c15-13(16)9-4-2-1-3-7-11(17)12(18)8-5-6-10-14(19)20/h5,8-9,11-12,17-18H,1-4,6-7,10H2,(H,19,20)/b8-5-/t11-,12+/m1/s1. The first kappa shape index (κ1) is 19.8. The zero-order chi connectivity index (χ0) is 15.4. The molecule has 0 aliphatic rings. The van der Waals surface area contributed by atoms with Gasteiger partial charge in [0.05, 0.1) is 15.6 Å². The highest BCUT2D eigenvalue weighted by molar-refractivity contribution is 9.28. The van der Waals surface area contributed by atoms with Crippen molar-refractivity contribution in [2.24, 2.45) is 0 Å². The van der Waals surface area contributed by atoms with Crippen molar-refractivity contribution < 1.29 is 20.1 Å². The number of carboxylic acid groups (broad SMARTS) is 1. The van der Waals surface area contributed by atoms with Crippen LogP contribution in [0.3, 0.4) is 0 Å². The highest BCUT2D eigenvalue weighted by Gasteiger charge is 2.12. The van der Waals surface area contributed by atoms with E-state index in [9.17, 15) is 15.0 Å². The third kappa shape index (κ3) is 12.8. The third-order valence-corrected chi connectivity index (χ3v) is 3.40. The molecule has 0 aromatic heterocycles. The summed E-state index contributed by atoms with van der Waals surface area (Å²) in [7, 11) is 0. The minimum atomic E-state index is -0.916. The maximum absolute atomic E-state index is 10.3. The van der Waals surface area contributed by atoms with Gasteiger partial charge in [0.1, 0.15) is 0 Å². The molecule has 0 aromatic rings. The van der Waals surface area contributed by atoms with Crippen molar-refractivity contribution >= 4 is 37.8 Å². The van der Waals surface area contributed by atoms with E-state index >= 15 is 0 Å². The van der Waals surface area contributed by atoms with Crippen molar-refractivity contribution in [2.45, 2.75) is 57.2 Å². The van der Waals surface area contributed by atoms with Crippen molar-refractivity contribution in [3.63, 3.8) is 0 Å². The first-order valence-corrected chi connectivity index (χ1v) is 8.28. The molecule has 0 rings (SSSR count). The number of aliphatic hydroxyl groups excluding tert-OH is 2. The molecule has 0 saturated carbocycles. The predicted octanol–water partition coefficient (Wildman–Crippen LogP) is 3.71. The van der Waals surface area contributed by atoms with Gasteiger partial charge in [0.2, 0.25) is 0 Å². The number of halogens is 2. The van der Waals surface area contributed by atoms with Crippen molar-refractivity contribution in [2.75, 3.05) is 0 Å². The van der Waals surface area contributed by atoms with Crippen LogP contribution in [0.15, 0.2) is 21.6 Å². The Hall–Kier alpha value is -0.170. The summed E-state index contributed by atoms with van der Waals surface area (Å²) >= 11 is 6.57. The number of aliphatic carboxylic acids is 1. The molecule has 2 atom stereocenters. The van der Waals surface area contributed by atoms with Crippen LogP contribution in [0.5, 0.6) is 0 Å². The van der Waals surface area contributed by atoms with E-state index in [4.69, 9.17) is 5.11 Å². The molecule has 0 radical (unpaired) electrons. The Balaban J connectivity index is 3.66. The first-order valence-electron chi connectivity index (χ1n) is 6.69. The second-order valence-corrected chi connectivity index (χ2v) is 7.32. The smallest absolute Gasteiger partial charge is 0.303 e. The maximum Gasteiger partial charge on any atom is 0.303 e. The molecule has 0 fully saturated rings. The topological polar surface area (TPSA) is 77.8 Å². The van der Waals surface area contributed by atoms with Gasteiger partial charge in [0, 0.05) is 6.42 Å². The van der Waals surface area contributed by atoms with E-state index in [1.807, 2.05) is 6.08 Å². The Morgan fingerprint density at radius 3 is 2.40 bits per heavy atom. The average Bonchev–Trinajstić information content (AvgIpc) is 2.37. The Labute approximate surface area is 136 Å². The van der Waals surface area contributed by atoms with Gasteiger partial charge in [-0.1, -0.05) is 31.1 Å². The summed E-state index contributed by atoms with van der Waals surface area (Å²) < 4.78 is 0.951. The second kappa shape index (κ2) is 12.6. The molecule has 0 amide bonds. The van der Waals surface area contributed by atoms with Gasteiger partial charge in [-0.3, -0.25) is 4.79 Å². The van der Waals surface area contributed by atoms with E-state index < -0.39 is 18.2 Å². The summed E-state index contributed by atoms with van der Waals surface area (Å²) in [6.07, 6.45) is 8.22. The van der Waals surface area contributed by atoms with Crippen LogP contribution in [0.2, 0.25) is 0 Å².